The summed E-state index contributed by atoms with van der Waals surface area (Å²) in [6, 6.07) is 7.59. The number of ether oxygens (including phenoxy) is 1. The van der Waals surface area contributed by atoms with Crippen LogP contribution in [-0.4, -0.2) is 42.1 Å². The molecule has 2 aromatic rings. The van der Waals surface area contributed by atoms with E-state index in [9.17, 15) is 5.11 Å². The number of hydrogen-bond donors (Lipinski definition) is 1. The molecule has 1 aromatic carbocycles. The average molecular weight is 334 g/mol. The third kappa shape index (κ3) is 3.26. The first kappa shape index (κ1) is 16.0. The fourth-order valence-electron chi connectivity index (χ4n) is 3.02. The zero-order valence-corrected chi connectivity index (χ0v) is 14.0. The summed E-state index contributed by atoms with van der Waals surface area (Å²) in [6.45, 7) is 3.94. The van der Waals surface area contributed by atoms with Gasteiger partial charge < -0.3 is 14.7 Å². The Kier molecular flexibility index (Phi) is 4.68. The molecular weight excluding hydrogens is 314 g/mol. The Hall–Kier alpha value is -1.85. The van der Waals surface area contributed by atoms with Crippen molar-refractivity contribution in [1.29, 1.82) is 0 Å². The van der Waals surface area contributed by atoms with Crippen molar-refractivity contribution in [3.63, 3.8) is 0 Å². The molecule has 6 heteroatoms. The van der Waals surface area contributed by atoms with Gasteiger partial charge in [0.15, 0.2) is 5.82 Å². The molecule has 1 fully saturated rings. The standard InChI is InChI=1S/C17H20ClN3O2/c1-11-7-13(18)8-15(23-2)17(11)14-3-4-16(20-19-14)21-6-5-12(9-21)10-22/h3-4,7-8,12,22H,5-6,9-10H2,1-2H3. The van der Waals surface area contributed by atoms with Crippen molar-refractivity contribution in [2.45, 2.75) is 13.3 Å². The lowest BCUT2D eigenvalue weighted by Gasteiger charge is -2.17. The smallest absolute Gasteiger partial charge is 0.151 e. The molecule has 0 amide bonds. The van der Waals surface area contributed by atoms with Gasteiger partial charge in [0.25, 0.3) is 0 Å². The van der Waals surface area contributed by atoms with Crippen molar-refractivity contribution in [1.82, 2.24) is 10.2 Å². The fourth-order valence-corrected chi connectivity index (χ4v) is 3.28. The van der Waals surface area contributed by atoms with E-state index in [-0.39, 0.29) is 6.61 Å². The highest BCUT2D eigenvalue weighted by Crippen LogP contribution is 2.35. The maximum Gasteiger partial charge on any atom is 0.151 e. The van der Waals surface area contributed by atoms with Crippen molar-refractivity contribution in [3.05, 3.63) is 34.9 Å². The molecule has 0 saturated carbocycles. The van der Waals surface area contributed by atoms with Gasteiger partial charge in [0.05, 0.1) is 12.8 Å². The lowest BCUT2D eigenvalue weighted by Crippen LogP contribution is -2.22. The van der Waals surface area contributed by atoms with Crippen LogP contribution in [0.3, 0.4) is 0 Å². The number of halogens is 1. The second kappa shape index (κ2) is 6.72. The van der Waals surface area contributed by atoms with Crippen LogP contribution in [0, 0.1) is 12.8 Å². The largest absolute Gasteiger partial charge is 0.496 e. The summed E-state index contributed by atoms with van der Waals surface area (Å²) in [5, 5.41) is 18.6. The first-order valence-corrected chi connectivity index (χ1v) is 8.04. The molecule has 3 rings (SSSR count). The van der Waals surface area contributed by atoms with Gasteiger partial charge in [-0.2, -0.15) is 0 Å². The number of benzene rings is 1. The van der Waals surface area contributed by atoms with E-state index in [4.69, 9.17) is 16.3 Å². The van der Waals surface area contributed by atoms with Crippen molar-refractivity contribution in [3.8, 4) is 17.0 Å². The van der Waals surface area contributed by atoms with E-state index in [1.54, 1.807) is 13.2 Å². The van der Waals surface area contributed by atoms with Crippen LogP contribution in [0.4, 0.5) is 5.82 Å². The van der Waals surface area contributed by atoms with E-state index < -0.39 is 0 Å². The van der Waals surface area contributed by atoms with Crippen molar-refractivity contribution in [2.75, 3.05) is 31.7 Å². The normalized spacial score (nSPS) is 17.6. The Labute approximate surface area is 140 Å². The highest BCUT2D eigenvalue weighted by atomic mass is 35.5. The maximum absolute atomic E-state index is 9.25. The number of anilines is 1. The molecule has 1 saturated heterocycles. The Balaban J connectivity index is 1.89. The van der Waals surface area contributed by atoms with Crippen molar-refractivity contribution in [2.24, 2.45) is 5.92 Å². The maximum atomic E-state index is 9.25. The molecule has 0 aliphatic carbocycles. The van der Waals surface area contributed by atoms with Crippen LogP contribution in [0.2, 0.25) is 5.02 Å². The summed E-state index contributed by atoms with van der Waals surface area (Å²) < 4.78 is 5.43. The lowest BCUT2D eigenvalue weighted by atomic mass is 10.0. The molecular formula is C17H20ClN3O2. The fraction of sp³-hybridized carbons (Fsp3) is 0.412. The van der Waals surface area contributed by atoms with Gasteiger partial charge in [0, 0.05) is 36.2 Å². The summed E-state index contributed by atoms with van der Waals surface area (Å²) >= 11 is 6.08. The van der Waals surface area contributed by atoms with Gasteiger partial charge >= 0.3 is 0 Å². The molecule has 1 aromatic heterocycles. The number of aliphatic hydroxyl groups excluding tert-OH is 1. The number of rotatable bonds is 4. The second-order valence-corrected chi connectivity index (χ2v) is 6.30. The summed E-state index contributed by atoms with van der Waals surface area (Å²) in [7, 11) is 1.62. The third-order valence-corrected chi connectivity index (χ3v) is 4.48. The molecule has 2 heterocycles. The molecule has 23 heavy (non-hydrogen) atoms. The molecule has 5 nitrogen and oxygen atoms in total. The van der Waals surface area contributed by atoms with Crippen LogP contribution in [-0.2, 0) is 0 Å². The van der Waals surface area contributed by atoms with Crippen LogP contribution < -0.4 is 9.64 Å². The minimum atomic E-state index is 0.225. The number of aliphatic hydroxyl groups is 1. The predicted octanol–water partition coefficient (Wildman–Crippen LogP) is 2.93. The van der Waals surface area contributed by atoms with Crippen LogP contribution in [0.25, 0.3) is 11.3 Å². The third-order valence-electron chi connectivity index (χ3n) is 4.26. The van der Waals surface area contributed by atoms with Gasteiger partial charge in [-0.1, -0.05) is 11.6 Å². The monoisotopic (exact) mass is 333 g/mol. The first-order chi connectivity index (χ1) is 11.1. The summed E-state index contributed by atoms with van der Waals surface area (Å²) in [6.07, 6.45) is 0.990. The SMILES string of the molecule is COc1cc(Cl)cc(C)c1-c1ccc(N2CCC(CO)C2)nn1. The summed E-state index contributed by atoms with van der Waals surface area (Å²) in [4.78, 5) is 2.16. The van der Waals surface area contributed by atoms with Crippen LogP contribution in [0.15, 0.2) is 24.3 Å². The van der Waals surface area contributed by atoms with E-state index in [0.29, 0.717) is 16.7 Å². The van der Waals surface area contributed by atoms with Crippen LogP contribution in [0.1, 0.15) is 12.0 Å². The molecule has 1 N–H and O–H groups in total. The molecule has 1 aliphatic heterocycles. The van der Waals surface area contributed by atoms with Gasteiger partial charge in [0.2, 0.25) is 0 Å². The summed E-state index contributed by atoms with van der Waals surface area (Å²) in [5.74, 6) is 1.86. The number of hydrogen-bond acceptors (Lipinski definition) is 5. The number of nitrogens with zero attached hydrogens (tertiary/aromatic N) is 3. The minimum absolute atomic E-state index is 0.225. The number of methoxy groups -OCH3 is 1. The Morgan fingerprint density at radius 2 is 2.17 bits per heavy atom. The highest BCUT2D eigenvalue weighted by Gasteiger charge is 2.23. The van der Waals surface area contributed by atoms with E-state index in [0.717, 1.165) is 42.1 Å². The van der Waals surface area contributed by atoms with Crippen molar-refractivity contribution >= 4 is 17.4 Å². The zero-order valence-electron chi connectivity index (χ0n) is 13.3. The Bertz CT molecular complexity index is 691. The van der Waals surface area contributed by atoms with Gasteiger partial charge in [-0.15, -0.1) is 10.2 Å². The van der Waals surface area contributed by atoms with Gasteiger partial charge in [-0.3, -0.25) is 0 Å². The predicted molar refractivity (Wildman–Crippen MR) is 91.2 cm³/mol. The van der Waals surface area contributed by atoms with Crippen LogP contribution >= 0.6 is 11.6 Å². The number of aryl methyl sites for hydroxylation is 1. The molecule has 0 radical (unpaired) electrons. The Morgan fingerprint density at radius 1 is 1.35 bits per heavy atom. The van der Waals surface area contributed by atoms with Crippen LogP contribution in [0.5, 0.6) is 5.75 Å². The molecule has 0 bridgehead atoms. The highest BCUT2D eigenvalue weighted by molar-refractivity contribution is 6.31. The van der Waals surface area contributed by atoms with E-state index in [1.807, 2.05) is 25.1 Å². The summed E-state index contributed by atoms with van der Waals surface area (Å²) in [5.41, 5.74) is 2.67. The molecule has 1 aliphatic rings. The first-order valence-electron chi connectivity index (χ1n) is 7.66. The molecule has 0 spiro atoms. The van der Waals surface area contributed by atoms with E-state index in [2.05, 4.69) is 15.1 Å². The van der Waals surface area contributed by atoms with E-state index >= 15 is 0 Å². The lowest BCUT2D eigenvalue weighted by molar-refractivity contribution is 0.238. The quantitative estimate of drug-likeness (QED) is 0.932. The zero-order chi connectivity index (χ0) is 16.4. The molecule has 122 valence electrons. The second-order valence-electron chi connectivity index (χ2n) is 5.86. The van der Waals surface area contributed by atoms with Gasteiger partial charge in [-0.05, 0) is 43.2 Å². The Morgan fingerprint density at radius 3 is 2.78 bits per heavy atom. The average Bonchev–Trinajstić information content (AvgIpc) is 3.03. The van der Waals surface area contributed by atoms with Gasteiger partial charge in [-0.25, -0.2) is 0 Å². The van der Waals surface area contributed by atoms with E-state index in [1.165, 1.54) is 0 Å². The minimum Gasteiger partial charge on any atom is -0.496 e. The topological polar surface area (TPSA) is 58.5 Å². The molecule has 1 unspecified atom stereocenters. The van der Waals surface area contributed by atoms with Crippen molar-refractivity contribution < 1.29 is 9.84 Å². The number of aromatic nitrogens is 2. The van der Waals surface area contributed by atoms with Gasteiger partial charge in [0.1, 0.15) is 5.75 Å². The molecule has 1 atom stereocenters.